The number of thiazole rings is 1. The summed E-state index contributed by atoms with van der Waals surface area (Å²) in [6.45, 7) is 9.30. The molecule has 1 N–H and O–H groups in total. The number of rotatable bonds is 4. The van der Waals surface area contributed by atoms with Crippen LogP contribution in [-0.4, -0.2) is 22.3 Å². The Morgan fingerprint density at radius 3 is 2.55 bits per heavy atom. The number of nitrogens with zero attached hydrogens (tertiary/aromatic N) is 2. The maximum absolute atomic E-state index is 12.6. The molecule has 5 heteroatoms. The van der Waals surface area contributed by atoms with Gasteiger partial charge in [0.25, 0.3) is 5.91 Å². The quantitative estimate of drug-likeness (QED) is 0.645. The molecule has 0 saturated carbocycles. The Hall–Kier alpha value is -2.50. The standard InChI is InChI=1S/C24H27N3OS/c1-24(2,3)20-10-8-18(9-11-20)22(28)26-23-25-21(16-29-23)15-27-13-12-17-6-4-5-7-19(17)14-27/h4-11,16H,12-15H2,1-3H3,(H,25,26,28). The molecule has 2 heterocycles. The SMILES string of the molecule is CC(C)(C)c1ccc(C(=O)Nc2nc(CN3CCc4ccccc4C3)cs2)cc1. The van der Waals surface area contributed by atoms with E-state index >= 15 is 0 Å². The Bertz CT molecular complexity index is 1000. The molecule has 0 fully saturated rings. The van der Waals surface area contributed by atoms with Crippen LogP contribution in [0.5, 0.6) is 0 Å². The second-order valence-electron chi connectivity index (χ2n) is 8.65. The normalized spacial score (nSPS) is 14.4. The Kier molecular flexibility index (Phi) is 5.52. The van der Waals surface area contributed by atoms with E-state index < -0.39 is 0 Å². The molecule has 1 aliphatic heterocycles. The van der Waals surface area contributed by atoms with Crippen LogP contribution in [0.15, 0.2) is 53.9 Å². The summed E-state index contributed by atoms with van der Waals surface area (Å²) >= 11 is 1.48. The molecule has 4 rings (SSSR count). The van der Waals surface area contributed by atoms with Gasteiger partial charge >= 0.3 is 0 Å². The number of aromatic nitrogens is 1. The van der Waals surface area contributed by atoms with Gasteiger partial charge in [-0.3, -0.25) is 15.0 Å². The van der Waals surface area contributed by atoms with Gasteiger partial charge in [0.15, 0.2) is 5.13 Å². The number of carbonyl (C=O) groups excluding carboxylic acids is 1. The van der Waals surface area contributed by atoms with E-state index in [1.165, 1.54) is 28.0 Å². The summed E-state index contributed by atoms with van der Waals surface area (Å²) in [5, 5.41) is 5.64. The number of hydrogen-bond donors (Lipinski definition) is 1. The third-order valence-corrected chi connectivity index (χ3v) is 6.19. The Labute approximate surface area is 176 Å². The topological polar surface area (TPSA) is 45.2 Å². The first kappa shape index (κ1) is 19.8. The van der Waals surface area contributed by atoms with Gasteiger partial charge in [-0.25, -0.2) is 4.98 Å². The van der Waals surface area contributed by atoms with Crippen molar-refractivity contribution >= 4 is 22.4 Å². The van der Waals surface area contributed by atoms with Crippen LogP contribution in [0.4, 0.5) is 5.13 Å². The van der Waals surface area contributed by atoms with Gasteiger partial charge in [-0.1, -0.05) is 57.2 Å². The number of amides is 1. The Balaban J connectivity index is 1.36. The predicted molar refractivity (Wildman–Crippen MR) is 119 cm³/mol. The second-order valence-corrected chi connectivity index (χ2v) is 9.51. The summed E-state index contributed by atoms with van der Waals surface area (Å²) in [5.74, 6) is -0.113. The fraction of sp³-hybridized carbons (Fsp3) is 0.333. The van der Waals surface area contributed by atoms with Crippen molar-refractivity contribution in [2.75, 3.05) is 11.9 Å². The largest absolute Gasteiger partial charge is 0.298 e. The van der Waals surface area contributed by atoms with Crippen molar-refractivity contribution < 1.29 is 4.79 Å². The number of anilines is 1. The van der Waals surface area contributed by atoms with Gasteiger partial charge in [0.1, 0.15) is 0 Å². The van der Waals surface area contributed by atoms with Crippen LogP contribution in [0.25, 0.3) is 0 Å². The van der Waals surface area contributed by atoms with Crippen LogP contribution < -0.4 is 5.32 Å². The Morgan fingerprint density at radius 1 is 1.10 bits per heavy atom. The van der Waals surface area contributed by atoms with E-state index in [4.69, 9.17) is 0 Å². The molecule has 0 saturated heterocycles. The average molecular weight is 406 g/mol. The zero-order valence-corrected chi connectivity index (χ0v) is 18.1. The Morgan fingerprint density at radius 2 is 1.83 bits per heavy atom. The van der Waals surface area contributed by atoms with Crippen molar-refractivity contribution in [1.82, 2.24) is 9.88 Å². The fourth-order valence-corrected chi connectivity index (χ4v) is 4.34. The highest BCUT2D eigenvalue weighted by atomic mass is 32.1. The highest BCUT2D eigenvalue weighted by Gasteiger charge is 2.18. The lowest BCUT2D eigenvalue weighted by molar-refractivity contribution is 0.102. The van der Waals surface area contributed by atoms with Crippen molar-refractivity contribution in [3.05, 3.63) is 81.9 Å². The van der Waals surface area contributed by atoms with Crippen molar-refractivity contribution in [1.29, 1.82) is 0 Å². The van der Waals surface area contributed by atoms with Gasteiger partial charge in [-0.05, 0) is 40.7 Å². The molecule has 0 unspecified atom stereocenters. The average Bonchev–Trinajstić information content (AvgIpc) is 3.14. The lowest BCUT2D eigenvalue weighted by Crippen LogP contribution is -2.30. The summed E-state index contributed by atoms with van der Waals surface area (Å²) < 4.78 is 0. The number of benzene rings is 2. The molecule has 4 nitrogen and oxygen atoms in total. The van der Waals surface area contributed by atoms with Gasteiger partial charge in [0.2, 0.25) is 0 Å². The molecule has 1 amide bonds. The maximum atomic E-state index is 12.6. The number of nitrogens with one attached hydrogen (secondary N) is 1. The van der Waals surface area contributed by atoms with Gasteiger partial charge in [0.05, 0.1) is 5.69 Å². The number of carbonyl (C=O) groups is 1. The lowest BCUT2D eigenvalue weighted by atomic mass is 9.87. The molecule has 0 aliphatic carbocycles. The molecule has 2 aromatic carbocycles. The summed E-state index contributed by atoms with van der Waals surface area (Å²) in [5.41, 5.74) is 5.81. The molecule has 29 heavy (non-hydrogen) atoms. The summed E-state index contributed by atoms with van der Waals surface area (Å²) in [6.07, 6.45) is 1.08. The van der Waals surface area contributed by atoms with Crippen LogP contribution in [0, 0.1) is 0 Å². The first-order valence-corrected chi connectivity index (χ1v) is 10.9. The molecule has 0 bridgehead atoms. The zero-order valence-electron chi connectivity index (χ0n) is 17.2. The monoisotopic (exact) mass is 405 g/mol. The van der Waals surface area contributed by atoms with Crippen molar-refractivity contribution in [2.45, 2.75) is 45.7 Å². The van der Waals surface area contributed by atoms with Gasteiger partial charge in [0, 0.05) is 30.6 Å². The van der Waals surface area contributed by atoms with Crippen LogP contribution in [0.3, 0.4) is 0 Å². The van der Waals surface area contributed by atoms with Crippen LogP contribution in [0.1, 0.15) is 53.5 Å². The zero-order chi connectivity index (χ0) is 20.4. The van der Waals surface area contributed by atoms with E-state index in [1.807, 2.05) is 29.6 Å². The minimum Gasteiger partial charge on any atom is -0.298 e. The van der Waals surface area contributed by atoms with E-state index in [-0.39, 0.29) is 11.3 Å². The van der Waals surface area contributed by atoms with E-state index in [9.17, 15) is 4.79 Å². The molecule has 1 aromatic heterocycles. The van der Waals surface area contributed by atoms with E-state index in [0.29, 0.717) is 10.7 Å². The highest BCUT2D eigenvalue weighted by molar-refractivity contribution is 7.13. The first-order valence-electron chi connectivity index (χ1n) is 10.0. The number of hydrogen-bond acceptors (Lipinski definition) is 4. The summed E-state index contributed by atoms with van der Waals surface area (Å²) in [6, 6.07) is 16.5. The molecule has 1 aliphatic rings. The minimum atomic E-state index is -0.113. The summed E-state index contributed by atoms with van der Waals surface area (Å²) in [4.78, 5) is 19.6. The molecule has 150 valence electrons. The first-order chi connectivity index (χ1) is 13.9. The molecule has 0 atom stereocenters. The highest BCUT2D eigenvalue weighted by Crippen LogP contribution is 2.24. The van der Waals surface area contributed by atoms with E-state index in [1.54, 1.807) is 0 Å². The third kappa shape index (κ3) is 4.74. The fourth-order valence-electron chi connectivity index (χ4n) is 3.65. The third-order valence-electron chi connectivity index (χ3n) is 5.38. The molecular formula is C24H27N3OS. The van der Waals surface area contributed by atoms with Crippen molar-refractivity contribution in [3.8, 4) is 0 Å². The smallest absolute Gasteiger partial charge is 0.257 e. The molecular weight excluding hydrogens is 378 g/mol. The second kappa shape index (κ2) is 8.09. The predicted octanol–water partition coefficient (Wildman–Crippen LogP) is 5.25. The van der Waals surface area contributed by atoms with Crippen molar-refractivity contribution in [2.24, 2.45) is 0 Å². The van der Waals surface area contributed by atoms with Crippen molar-refractivity contribution in [3.63, 3.8) is 0 Å². The van der Waals surface area contributed by atoms with E-state index in [2.05, 4.69) is 60.2 Å². The summed E-state index contributed by atoms with van der Waals surface area (Å²) in [7, 11) is 0. The van der Waals surface area contributed by atoms with Crippen LogP contribution in [-0.2, 0) is 24.9 Å². The molecule has 3 aromatic rings. The van der Waals surface area contributed by atoms with Gasteiger partial charge in [-0.2, -0.15) is 0 Å². The lowest BCUT2D eigenvalue weighted by Gasteiger charge is -2.27. The minimum absolute atomic E-state index is 0.0776. The number of fused-ring (bicyclic) bond motifs is 1. The molecule has 0 spiro atoms. The maximum Gasteiger partial charge on any atom is 0.257 e. The van der Waals surface area contributed by atoms with Gasteiger partial charge < -0.3 is 0 Å². The van der Waals surface area contributed by atoms with Crippen LogP contribution >= 0.6 is 11.3 Å². The van der Waals surface area contributed by atoms with Gasteiger partial charge in [-0.15, -0.1) is 11.3 Å². The molecule has 0 radical (unpaired) electrons. The van der Waals surface area contributed by atoms with Crippen LogP contribution in [0.2, 0.25) is 0 Å². The van der Waals surface area contributed by atoms with E-state index in [0.717, 1.165) is 31.7 Å².